The van der Waals surface area contributed by atoms with Crippen LogP contribution >= 0.6 is 23.8 Å². The van der Waals surface area contributed by atoms with Crippen LogP contribution in [-0.4, -0.2) is 21.9 Å². The summed E-state index contributed by atoms with van der Waals surface area (Å²) in [4.78, 5) is 35.4. The average Bonchev–Trinajstić information content (AvgIpc) is 2.73. The molecule has 8 nitrogen and oxygen atoms in total. The molecule has 0 fully saturated rings. The number of carbonyl (C=O) groups excluding carboxylic acids is 2. The lowest BCUT2D eigenvalue weighted by atomic mass is 10.1. The van der Waals surface area contributed by atoms with Crippen LogP contribution in [0.5, 0.6) is 0 Å². The first-order chi connectivity index (χ1) is 15.2. The summed E-state index contributed by atoms with van der Waals surface area (Å²) in [5, 5.41) is 19.6. The molecule has 0 saturated heterocycles. The van der Waals surface area contributed by atoms with Crippen LogP contribution < -0.4 is 16.0 Å². The first-order valence-electron chi connectivity index (χ1n) is 9.28. The first kappa shape index (κ1) is 22.9. The smallest absolute Gasteiger partial charge is 0.273 e. The van der Waals surface area contributed by atoms with Gasteiger partial charge in [-0.2, -0.15) is 0 Å². The Morgan fingerprint density at radius 3 is 2.28 bits per heavy atom. The zero-order valence-corrected chi connectivity index (χ0v) is 18.3. The third-order valence-electron chi connectivity index (χ3n) is 4.44. The summed E-state index contributed by atoms with van der Waals surface area (Å²) < 4.78 is 0. The van der Waals surface area contributed by atoms with Gasteiger partial charge in [-0.15, -0.1) is 0 Å². The van der Waals surface area contributed by atoms with Crippen molar-refractivity contribution in [2.24, 2.45) is 0 Å². The second kappa shape index (κ2) is 9.99. The van der Waals surface area contributed by atoms with Gasteiger partial charge < -0.3 is 10.6 Å². The lowest BCUT2D eigenvalue weighted by Crippen LogP contribution is -2.34. The van der Waals surface area contributed by atoms with Crippen LogP contribution in [0.4, 0.5) is 17.1 Å². The molecule has 10 heteroatoms. The van der Waals surface area contributed by atoms with Crippen molar-refractivity contribution in [3.8, 4) is 0 Å². The van der Waals surface area contributed by atoms with Crippen molar-refractivity contribution in [1.29, 1.82) is 0 Å². The number of nitrogens with zero attached hydrogens (tertiary/aromatic N) is 1. The second-order valence-electron chi connectivity index (χ2n) is 6.66. The molecule has 0 aliphatic heterocycles. The number of hydrogen-bond donors (Lipinski definition) is 3. The van der Waals surface area contributed by atoms with Crippen LogP contribution in [0.2, 0.25) is 5.02 Å². The average molecular weight is 469 g/mol. The first-order valence-corrected chi connectivity index (χ1v) is 10.1. The Hall–Kier alpha value is -3.82. The van der Waals surface area contributed by atoms with Gasteiger partial charge in [-0.3, -0.25) is 25.0 Å². The van der Waals surface area contributed by atoms with Crippen molar-refractivity contribution in [3.63, 3.8) is 0 Å². The van der Waals surface area contributed by atoms with E-state index in [9.17, 15) is 19.7 Å². The molecule has 0 heterocycles. The Labute approximate surface area is 193 Å². The van der Waals surface area contributed by atoms with Gasteiger partial charge in [0, 0.05) is 39.2 Å². The fraction of sp³-hybridized carbons (Fsp3) is 0.0455. The highest BCUT2D eigenvalue weighted by Crippen LogP contribution is 2.21. The van der Waals surface area contributed by atoms with E-state index in [2.05, 4.69) is 16.0 Å². The minimum atomic E-state index is -0.575. The minimum Gasteiger partial charge on any atom is -0.332 e. The van der Waals surface area contributed by atoms with Crippen LogP contribution in [-0.2, 0) is 0 Å². The topological polar surface area (TPSA) is 113 Å². The normalized spacial score (nSPS) is 10.2. The van der Waals surface area contributed by atoms with E-state index in [0.29, 0.717) is 22.0 Å². The molecule has 3 rings (SSSR count). The molecule has 0 saturated carbocycles. The summed E-state index contributed by atoms with van der Waals surface area (Å²) in [5.41, 5.74) is 1.67. The van der Waals surface area contributed by atoms with Gasteiger partial charge in [0.15, 0.2) is 5.11 Å². The fourth-order valence-corrected chi connectivity index (χ4v) is 3.31. The molecule has 2 amide bonds. The molecule has 0 aromatic heterocycles. The van der Waals surface area contributed by atoms with E-state index in [-0.39, 0.29) is 27.8 Å². The van der Waals surface area contributed by atoms with Gasteiger partial charge in [-0.25, -0.2) is 0 Å². The maximum Gasteiger partial charge on any atom is 0.273 e. The van der Waals surface area contributed by atoms with Crippen LogP contribution in [0.25, 0.3) is 0 Å². The van der Waals surface area contributed by atoms with Crippen molar-refractivity contribution < 1.29 is 14.5 Å². The lowest BCUT2D eigenvalue weighted by molar-refractivity contribution is -0.385. The second-order valence-corrected chi connectivity index (χ2v) is 7.51. The van der Waals surface area contributed by atoms with Crippen LogP contribution in [0.15, 0.2) is 66.7 Å². The van der Waals surface area contributed by atoms with E-state index in [1.54, 1.807) is 48.5 Å². The predicted octanol–water partition coefficient (Wildman–Crippen LogP) is 4.94. The van der Waals surface area contributed by atoms with Crippen molar-refractivity contribution in [2.75, 3.05) is 10.6 Å². The van der Waals surface area contributed by atoms with Crippen LogP contribution in [0, 0.1) is 17.0 Å². The van der Waals surface area contributed by atoms with Crippen molar-refractivity contribution in [2.45, 2.75) is 6.92 Å². The summed E-state index contributed by atoms with van der Waals surface area (Å²) in [5.74, 6) is -0.907. The molecule has 0 bridgehead atoms. The molecule has 162 valence electrons. The monoisotopic (exact) mass is 468 g/mol. The maximum atomic E-state index is 12.5. The van der Waals surface area contributed by atoms with Crippen molar-refractivity contribution in [1.82, 2.24) is 5.32 Å². The third kappa shape index (κ3) is 5.65. The Morgan fingerprint density at radius 1 is 0.938 bits per heavy atom. The standard InChI is InChI=1S/C22H17ClN4O4S/c1-13-18(9-4-10-19(13)27(30)31)21(29)26-22(32)25-17-8-3-7-16(12-17)24-20(28)14-5-2-6-15(23)11-14/h2-12H,1H3,(H,24,28)(H2,25,26,29,32). The highest BCUT2D eigenvalue weighted by molar-refractivity contribution is 7.80. The number of benzene rings is 3. The van der Waals surface area contributed by atoms with Gasteiger partial charge in [-0.05, 0) is 61.6 Å². The molecular weight excluding hydrogens is 452 g/mol. The Bertz CT molecular complexity index is 1230. The summed E-state index contributed by atoms with van der Waals surface area (Å²) >= 11 is 11.1. The molecule has 32 heavy (non-hydrogen) atoms. The van der Waals surface area contributed by atoms with Crippen molar-refractivity contribution >= 4 is 57.8 Å². The van der Waals surface area contributed by atoms with E-state index in [0.717, 1.165) is 0 Å². The molecule has 3 N–H and O–H groups in total. The summed E-state index contributed by atoms with van der Waals surface area (Å²) in [7, 11) is 0. The van der Waals surface area contributed by atoms with E-state index in [4.69, 9.17) is 23.8 Å². The molecule has 3 aromatic carbocycles. The molecule has 0 spiro atoms. The van der Waals surface area contributed by atoms with Gasteiger partial charge >= 0.3 is 0 Å². The van der Waals surface area contributed by atoms with Crippen LogP contribution in [0.1, 0.15) is 26.3 Å². The Kier molecular flexibility index (Phi) is 7.14. The Morgan fingerprint density at radius 2 is 1.59 bits per heavy atom. The maximum absolute atomic E-state index is 12.5. The number of anilines is 2. The van der Waals surface area contributed by atoms with Gasteiger partial charge in [0.25, 0.3) is 17.5 Å². The summed E-state index contributed by atoms with van der Waals surface area (Å²) in [6.45, 7) is 1.50. The fourth-order valence-electron chi connectivity index (χ4n) is 2.91. The number of carbonyl (C=O) groups is 2. The highest BCUT2D eigenvalue weighted by atomic mass is 35.5. The highest BCUT2D eigenvalue weighted by Gasteiger charge is 2.18. The lowest BCUT2D eigenvalue weighted by Gasteiger charge is -2.12. The summed E-state index contributed by atoms with van der Waals surface area (Å²) in [6.07, 6.45) is 0. The molecule has 0 radical (unpaired) electrons. The quantitative estimate of drug-likeness (QED) is 0.278. The van der Waals surface area contributed by atoms with Gasteiger partial charge in [0.1, 0.15) is 0 Å². The predicted molar refractivity (Wildman–Crippen MR) is 127 cm³/mol. The van der Waals surface area contributed by atoms with Gasteiger partial charge in [-0.1, -0.05) is 29.8 Å². The number of nitro groups is 1. The number of nitro benzene ring substituents is 1. The molecule has 0 aliphatic rings. The van der Waals surface area contributed by atoms with E-state index < -0.39 is 10.8 Å². The third-order valence-corrected chi connectivity index (χ3v) is 4.88. The molecular formula is C22H17ClN4O4S. The minimum absolute atomic E-state index is 0.000719. The SMILES string of the molecule is Cc1c(C(=O)NC(=S)Nc2cccc(NC(=O)c3cccc(Cl)c3)c2)cccc1[N+](=O)[O-]. The number of halogens is 1. The van der Waals surface area contributed by atoms with Crippen LogP contribution in [0.3, 0.4) is 0 Å². The molecule has 0 atom stereocenters. The number of nitrogens with one attached hydrogen (secondary N) is 3. The zero-order valence-electron chi connectivity index (χ0n) is 16.7. The molecule has 0 aliphatic carbocycles. The van der Waals surface area contributed by atoms with Crippen molar-refractivity contribution in [3.05, 3.63) is 98.6 Å². The van der Waals surface area contributed by atoms with Gasteiger partial charge in [0.2, 0.25) is 0 Å². The number of hydrogen-bond acceptors (Lipinski definition) is 5. The van der Waals surface area contributed by atoms with Gasteiger partial charge in [0.05, 0.1) is 4.92 Å². The summed E-state index contributed by atoms with van der Waals surface area (Å²) in [6, 6.07) is 17.5. The van der Waals surface area contributed by atoms with E-state index in [1.807, 2.05) is 0 Å². The number of thiocarbonyl (C=S) groups is 1. The van der Waals surface area contributed by atoms with E-state index >= 15 is 0 Å². The number of rotatable bonds is 5. The number of amides is 2. The molecule has 3 aromatic rings. The zero-order chi connectivity index (χ0) is 23.3. The Balaban J connectivity index is 1.66. The molecule has 0 unspecified atom stereocenters. The van der Waals surface area contributed by atoms with E-state index in [1.165, 1.54) is 25.1 Å². The largest absolute Gasteiger partial charge is 0.332 e.